The van der Waals surface area contributed by atoms with E-state index in [1.807, 2.05) is 13.8 Å². The average molecular weight is 265 g/mol. The second-order valence-electron chi connectivity index (χ2n) is 5.58. The molecule has 0 bridgehead atoms. The van der Waals surface area contributed by atoms with Crippen LogP contribution in [0.4, 0.5) is 0 Å². The number of hydrogen-bond acceptors (Lipinski definition) is 4. The number of rotatable bonds is 4. The molecular formula is C14H23N3O2. The number of carbonyl (C=O) groups excluding carboxylic acids is 1. The molecule has 1 aromatic rings. The minimum absolute atomic E-state index is 0.0582. The Morgan fingerprint density at radius 2 is 2.05 bits per heavy atom. The standard InChI is InChI=1S/C14H23N3O2/c1-9(2)17-13(12(19-3)8-16-17)14(18)10-4-6-11(15)7-5-10/h8-11H,4-7,15H2,1-3H3. The third-order valence-corrected chi connectivity index (χ3v) is 3.85. The largest absolute Gasteiger partial charge is 0.493 e. The molecule has 0 aliphatic heterocycles. The van der Waals surface area contributed by atoms with Crippen molar-refractivity contribution in [3.8, 4) is 5.75 Å². The van der Waals surface area contributed by atoms with E-state index < -0.39 is 0 Å². The van der Waals surface area contributed by atoms with Gasteiger partial charge in [0, 0.05) is 18.0 Å². The molecule has 19 heavy (non-hydrogen) atoms. The molecule has 1 aliphatic rings. The fourth-order valence-corrected chi connectivity index (χ4v) is 2.70. The summed E-state index contributed by atoms with van der Waals surface area (Å²) in [6.45, 7) is 4.03. The number of ether oxygens (including phenoxy) is 1. The van der Waals surface area contributed by atoms with Crippen LogP contribution in [0.25, 0.3) is 0 Å². The summed E-state index contributed by atoms with van der Waals surface area (Å²) in [5.74, 6) is 0.784. The second-order valence-corrected chi connectivity index (χ2v) is 5.58. The van der Waals surface area contributed by atoms with Crippen molar-refractivity contribution >= 4 is 5.78 Å². The summed E-state index contributed by atoms with van der Waals surface area (Å²) in [5.41, 5.74) is 6.51. The molecule has 0 aromatic carbocycles. The summed E-state index contributed by atoms with van der Waals surface area (Å²) < 4.78 is 7.04. The highest BCUT2D eigenvalue weighted by molar-refractivity contribution is 5.98. The Kier molecular flexibility index (Phi) is 4.24. The molecule has 5 heteroatoms. The van der Waals surface area contributed by atoms with E-state index >= 15 is 0 Å². The van der Waals surface area contributed by atoms with E-state index in [9.17, 15) is 4.79 Å². The summed E-state index contributed by atoms with van der Waals surface area (Å²) in [6.07, 6.45) is 5.21. The molecule has 5 nitrogen and oxygen atoms in total. The first-order chi connectivity index (χ1) is 9.04. The smallest absolute Gasteiger partial charge is 0.187 e. The maximum atomic E-state index is 12.7. The van der Waals surface area contributed by atoms with Crippen molar-refractivity contribution < 1.29 is 9.53 Å². The number of ketones is 1. The van der Waals surface area contributed by atoms with Crippen molar-refractivity contribution in [1.82, 2.24) is 9.78 Å². The quantitative estimate of drug-likeness (QED) is 0.847. The van der Waals surface area contributed by atoms with E-state index in [2.05, 4.69) is 5.10 Å². The summed E-state index contributed by atoms with van der Waals surface area (Å²) in [7, 11) is 1.58. The number of Topliss-reactive ketones (excluding diaryl/α,β-unsaturated/α-hetero) is 1. The number of nitrogens with two attached hydrogens (primary N) is 1. The van der Waals surface area contributed by atoms with Crippen LogP contribution < -0.4 is 10.5 Å². The summed E-state index contributed by atoms with van der Waals surface area (Å²) in [5, 5.41) is 4.26. The summed E-state index contributed by atoms with van der Waals surface area (Å²) >= 11 is 0. The minimum Gasteiger partial charge on any atom is -0.493 e. The van der Waals surface area contributed by atoms with E-state index in [0.29, 0.717) is 11.4 Å². The van der Waals surface area contributed by atoms with Gasteiger partial charge in [-0.05, 0) is 39.5 Å². The Labute approximate surface area is 114 Å². The van der Waals surface area contributed by atoms with Crippen molar-refractivity contribution in [1.29, 1.82) is 0 Å². The molecule has 0 spiro atoms. The molecule has 2 rings (SSSR count). The number of nitrogens with zero attached hydrogens (tertiary/aromatic N) is 2. The normalized spacial score (nSPS) is 23.6. The molecule has 106 valence electrons. The molecule has 2 N–H and O–H groups in total. The predicted octanol–water partition coefficient (Wildman–Crippen LogP) is 2.17. The van der Waals surface area contributed by atoms with E-state index in [4.69, 9.17) is 10.5 Å². The number of methoxy groups -OCH3 is 1. The number of hydrogen-bond donors (Lipinski definition) is 1. The van der Waals surface area contributed by atoms with Gasteiger partial charge in [0.1, 0.15) is 5.69 Å². The van der Waals surface area contributed by atoms with Gasteiger partial charge < -0.3 is 10.5 Å². The molecule has 1 aliphatic carbocycles. The average Bonchev–Trinajstić information content (AvgIpc) is 2.82. The SMILES string of the molecule is COc1cnn(C(C)C)c1C(=O)C1CCC(N)CC1. The first-order valence-corrected chi connectivity index (χ1v) is 6.95. The Balaban J connectivity index is 2.25. The van der Waals surface area contributed by atoms with E-state index in [-0.39, 0.29) is 23.8 Å². The zero-order chi connectivity index (χ0) is 14.0. The van der Waals surface area contributed by atoms with Gasteiger partial charge >= 0.3 is 0 Å². The Morgan fingerprint density at radius 3 is 2.58 bits per heavy atom. The third kappa shape index (κ3) is 2.81. The lowest BCUT2D eigenvalue weighted by Gasteiger charge is -2.25. The molecule has 1 aromatic heterocycles. The van der Waals surface area contributed by atoms with Gasteiger partial charge in [-0.25, -0.2) is 0 Å². The van der Waals surface area contributed by atoms with Crippen LogP contribution in [0.15, 0.2) is 6.20 Å². The van der Waals surface area contributed by atoms with Gasteiger partial charge in [-0.2, -0.15) is 5.10 Å². The fraction of sp³-hybridized carbons (Fsp3) is 0.714. The Hall–Kier alpha value is -1.36. The highest BCUT2D eigenvalue weighted by Crippen LogP contribution is 2.30. The highest BCUT2D eigenvalue weighted by Gasteiger charge is 2.30. The topological polar surface area (TPSA) is 70.1 Å². The monoisotopic (exact) mass is 265 g/mol. The van der Waals surface area contributed by atoms with Crippen molar-refractivity contribution in [2.24, 2.45) is 11.7 Å². The van der Waals surface area contributed by atoms with Gasteiger partial charge in [0.15, 0.2) is 11.5 Å². The van der Waals surface area contributed by atoms with E-state index in [1.165, 1.54) is 0 Å². The van der Waals surface area contributed by atoms with Gasteiger partial charge in [0.25, 0.3) is 0 Å². The van der Waals surface area contributed by atoms with Crippen LogP contribution in [0, 0.1) is 5.92 Å². The van der Waals surface area contributed by atoms with Crippen molar-refractivity contribution in [2.45, 2.75) is 51.6 Å². The molecule has 0 saturated heterocycles. The van der Waals surface area contributed by atoms with Gasteiger partial charge in [-0.3, -0.25) is 9.48 Å². The van der Waals surface area contributed by atoms with Crippen LogP contribution >= 0.6 is 0 Å². The van der Waals surface area contributed by atoms with Crippen LogP contribution in [0.1, 0.15) is 56.1 Å². The van der Waals surface area contributed by atoms with Crippen molar-refractivity contribution in [3.63, 3.8) is 0 Å². The van der Waals surface area contributed by atoms with E-state index in [1.54, 1.807) is 18.0 Å². The van der Waals surface area contributed by atoms with Crippen molar-refractivity contribution in [3.05, 3.63) is 11.9 Å². The van der Waals surface area contributed by atoms with Crippen molar-refractivity contribution in [2.75, 3.05) is 7.11 Å². The zero-order valence-corrected chi connectivity index (χ0v) is 11.9. The maximum Gasteiger partial charge on any atom is 0.187 e. The molecule has 0 unspecified atom stereocenters. The predicted molar refractivity (Wildman–Crippen MR) is 73.4 cm³/mol. The summed E-state index contributed by atoms with van der Waals surface area (Å²) in [4.78, 5) is 12.7. The second kappa shape index (κ2) is 5.74. The lowest BCUT2D eigenvalue weighted by atomic mass is 9.83. The van der Waals surface area contributed by atoms with Gasteiger partial charge in [0.2, 0.25) is 0 Å². The highest BCUT2D eigenvalue weighted by atomic mass is 16.5. The molecule has 1 fully saturated rings. The minimum atomic E-state index is 0.0582. The Bertz CT molecular complexity index is 446. The van der Waals surface area contributed by atoms with Crippen LogP contribution in [0.5, 0.6) is 5.75 Å². The molecule has 1 heterocycles. The lowest BCUT2D eigenvalue weighted by Crippen LogP contribution is -2.31. The molecule has 0 atom stereocenters. The van der Waals surface area contributed by atoms with Gasteiger partial charge in [-0.1, -0.05) is 0 Å². The first kappa shape index (κ1) is 14.1. The van der Waals surface area contributed by atoms with Crippen LogP contribution in [0.2, 0.25) is 0 Å². The molecule has 0 amide bonds. The molecule has 1 saturated carbocycles. The van der Waals surface area contributed by atoms with Crippen LogP contribution in [-0.2, 0) is 0 Å². The number of carbonyl (C=O) groups is 1. The maximum absolute atomic E-state index is 12.7. The molecular weight excluding hydrogens is 242 g/mol. The number of aromatic nitrogens is 2. The zero-order valence-electron chi connectivity index (χ0n) is 11.9. The fourth-order valence-electron chi connectivity index (χ4n) is 2.70. The van der Waals surface area contributed by atoms with Crippen LogP contribution in [0.3, 0.4) is 0 Å². The summed E-state index contributed by atoms with van der Waals surface area (Å²) in [6, 6.07) is 0.398. The van der Waals surface area contributed by atoms with E-state index in [0.717, 1.165) is 25.7 Å². The van der Waals surface area contributed by atoms with Gasteiger partial charge in [0.05, 0.1) is 13.3 Å². The van der Waals surface area contributed by atoms with Crippen LogP contribution in [-0.4, -0.2) is 28.7 Å². The van der Waals surface area contributed by atoms with Gasteiger partial charge in [-0.15, -0.1) is 0 Å². The lowest BCUT2D eigenvalue weighted by molar-refractivity contribution is 0.0868. The first-order valence-electron chi connectivity index (χ1n) is 6.95. The Morgan fingerprint density at radius 1 is 1.42 bits per heavy atom. The third-order valence-electron chi connectivity index (χ3n) is 3.85. The molecule has 0 radical (unpaired) electrons.